The molecule has 0 atom stereocenters. The number of hydrogen-bond acceptors (Lipinski definition) is 4. The molecular weight excluding hydrogens is 435 g/mol. The number of rotatable bonds is 5. The normalized spacial score (nSPS) is 10.8. The van der Waals surface area contributed by atoms with Crippen LogP contribution in [0, 0.1) is 3.57 Å². The SMILES string of the molecule is O=C(CSc1ccc(Cl)cc1)N/N=C\c1cc(I)ccc1O. The van der Waals surface area contributed by atoms with Crippen LogP contribution in [0.5, 0.6) is 5.75 Å². The minimum atomic E-state index is -0.221. The quantitative estimate of drug-likeness (QED) is 0.317. The molecule has 0 aliphatic carbocycles. The predicted molar refractivity (Wildman–Crippen MR) is 98.7 cm³/mol. The number of hydrogen-bond donors (Lipinski definition) is 2. The van der Waals surface area contributed by atoms with Crippen molar-refractivity contribution in [3.63, 3.8) is 0 Å². The molecule has 4 nitrogen and oxygen atoms in total. The van der Waals surface area contributed by atoms with Gasteiger partial charge in [-0.2, -0.15) is 5.10 Å². The average Bonchev–Trinajstić information content (AvgIpc) is 2.50. The summed E-state index contributed by atoms with van der Waals surface area (Å²) in [5.41, 5.74) is 2.98. The van der Waals surface area contributed by atoms with E-state index in [0.29, 0.717) is 10.6 Å². The fourth-order valence-electron chi connectivity index (χ4n) is 1.51. The first-order valence-corrected chi connectivity index (χ1v) is 8.67. The Hall–Kier alpha value is -1.25. The molecule has 0 fully saturated rings. The molecule has 0 aliphatic heterocycles. The van der Waals surface area contributed by atoms with Crippen LogP contribution >= 0.6 is 46.0 Å². The smallest absolute Gasteiger partial charge is 0.250 e. The van der Waals surface area contributed by atoms with Gasteiger partial charge in [0.05, 0.1) is 12.0 Å². The summed E-state index contributed by atoms with van der Waals surface area (Å²) in [7, 11) is 0. The van der Waals surface area contributed by atoms with Gasteiger partial charge in [-0.05, 0) is 65.1 Å². The van der Waals surface area contributed by atoms with E-state index in [9.17, 15) is 9.90 Å². The van der Waals surface area contributed by atoms with E-state index in [4.69, 9.17) is 11.6 Å². The number of nitrogens with zero attached hydrogens (tertiary/aromatic N) is 1. The van der Waals surface area contributed by atoms with Gasteiger partial charge in [-0.15, -0.1) is 11.8 Å². The molecule has 114 valence electrons. The Bertz CT molecular complexity index is 692. The highest BCUT2D eigenvalue weighted by atomic mass is 127. The lowest BCUT2D eigenvalue weighted by Crippen LogP contribution is -2.19. The number of thioether (sulfide) groups is 1. The molecule has 1 amide bonds. The first kappa shape index (κ1) is 17.1. The van der Waals surface area contributed by atoms with Crippen LogP contribution < -0.4 is 5.43 Å². The summed E-state index contributed by atoms with van der Waals surface area (Å²) in [6, 6.07) is 12.4. The molecule has 7 heteroatoms. The van der Waals surface area contributed by atoms with Gasteiger partial charge in [0.2, 0.25) is 5.91 Å². The van der Waals surface area contributed by atoms with Crippen molar-refractivity contribution >= 4 is 58.1 Å². The van der Waals surface area contributed by atoms with Gasteiger partial charge >= 0.3 is 0 Å². The first-order valence-electron chi connectivity index (χ1n) is 6.23. The molecule has 2 aromatic rings. The summed E-state index contributed by atoms with van der Waals surface area (Å²) in [6.07, 6.45) is 1.42. The highest BCUT2D eigenvalue weighted by Crippen LogP contribution is 2.20. The first-order chi connectivity index (χ1) is 10.5. The Morgan fingerprint density at radius 2 is 2.05 bits per heavy atom. The molecule has 0 bridgehead atoms. The summed E-state index contributed by atoms with van der Waals surface area (Å²) >= 11 is 9.33. The minimum Gasteiger partial charge on any atom is -0.507 e. The van der Waals surface area contributed by atoms with Crippen LogP contribution in [0.2, 0.25) is 5.02 Å². The summed E-state index contributed by atoms with van der Waals surface area (Å²) in [5.74, 6) is 0.146. The van der Waals surface area contributed by atoms with E-state index in [1.54, 1.807) is 30.3 Å². The van der Waals surface area contributed by atoms with E-state index in [0.717, 1.165) is 8.47 Å². The molecule has 2 N–H and O–H groups in total. The number of nitrogens with one attached hydrogen (secondary N) is 1. The number of aromatic hydroxyl groups is 1. The molecule has 0 aliphatic rings. The number of phenols is 1. The number of halogens is 2. The second-order valence-corrected chi connectivity index (χ2v) is 6.97. The van der Waals surface area contributed by atoms with Gasteiger partial charge < -0.3 is 5.11 Å². The van der Waals surface area contributed by atoms with Crippen molar-refractivity contribution in [2.75, 3.05) is 5.75 Å². The molecule has 0 aromatic heterocycles. The third kappa shape index (κ3) is 5.51. The van der Waals surface area contributed by atoms with Gasteiger partial charge in [0, 0.05) is 19.1 Å². The molecular formula is C15H12ClIN2O2S. The van der Waals surface area contributed by atoms with Crippen molar-refractivity contribution in [2.45, 2.75) is 4.90 Å². The van der Waals surface area contributed by atoms with Crippen molar-refractivity contribution in [1.82, 2.24) is 5.43 Å². The molecule has 2 rings (SSSR count). The minimum absolute atomic E-state index is 0.119. The van der Waals surface area contributed by atoms with Crippen LogP contribution in [-0.2, 0) is 4.79 Å². The fourth-order valence-corrected chi connectivity index (χ4v) is 2.85. The van der Waals surface area contributed by atoms with E-state index in [1.165, 1.54) is 18.0 Å². The van der Waals surface area contributed by atoms with E-state index >= 15 is 0 Å². The second kappa shape index (κ2) is 8.40. The van der Waals surface area contributed by atoms with Crippen molar-refractivity contribution in [3.8, 4) is 5.75 Å². The highest BCUT2D eigenvalue weighted by molar-refractivity contribution is 14.1. The van der Waals surface area contributed by atoms with E-state index in [-0.39, 0.29) is 17.4 Å². The summed E-state index contributed by atoms with van der Waals surface area (Å²) in [4.78, 5) is 12.6. The standard InChI is InChI=1S/C15H12ClIN2O2S/c16-11-1-4-13(5-2-11)22-9-15(21)19-18-8-10-7-12(17)3-6-14(10)20/h1-8,20H,9H2,(H,19,21)/b18-8-. The van der Waals surface area contributed by atoms with Crippen LogP contribution in [0.25, 0.3) is 0 Å². The van der Waals surface area contributed by atoms with Crippen molar-refractivity contribution in [2.24, 2.45) is 5.10 Å². The van der Waals surface area contributed by atoms with E-state index in [1.807, 2.05) is 12.1 Å². The Morgan fingerprint density at radius 3 is 2.77 bits per heavy atom. The van der Waals surface area contributed by atoms with Crippen molar-refractivity contribution in [1.29, 1.82) is 0 Å². The fraction of sp³-hybridized carbons (Fsp3) is 0.0667. The monoisotopic (exact) mass is 446 g/mol. The van der Waals surface area contributed by atoms with E-state index < -0.39 is 0 Å². The molecule has 0 heterocycles. The largest absolute Gasteiger partial charge is 0.507 e. The molecule has 0 unspecified atom stereocenters. The zero-order valence-corrected chi connectivity index (χ0v) is 15.0. The average molecular weight is 447 g/mol. The van der Waals surface area contributed by atoms with Gasteiger partial charge in [-0.1, -0.05) is 11.6 Å². The maximum Gasteiger partial charge on any atom is 0.250 e. The summed E-state index contributed by atoms with van der Waals surface area (Å²) < 4.78 is 0.974. The van der Waals surface area contributed by atoms with E-state index in [2.05, 4.69) is 33.1 Å². The van der Waals surface area contributed by atoms with Gasteiger partial charge in [0.1, 0.15) is 5.75 Å². The number of hydrazone groups is 1. The molecule has 0 saturated heterocycles. The summed E-state index contributed by atoms with van der Waals surface area (Å²) in [5, 5.41) is 14.2. The van der Waals surface area contributed by atoms with Gasteiger partial charge in [-0.3, -0.25) is 4.79 Å². The van der Waals surface area contributed by atoms with Gasteiger partial charge in [-0.25, -0.2) is 5.43 Å². The molecule has 2 aromatic carbocycles. The molecule has 22 heavy (non-hydrogen) atoms. The van der Waals surface area contributed by atoms with Gasteiger partial charge in [0.25, 0.3) is 0 Å². The number of phenolic OH excluding ortho intramolecular Hbond substituents is 1. The van der Waals surface area contributed by atoms with Gasteiger partial charge in [0.15, 0.2) is 0 Å². The topological polar surface area (TPSA) is 61.7 Å². The molecule has 0 saturated carbocycles. The highest BCUT2D eigenvalue weighted by Gasteiger charge is 2.02. The Labute approximate surface area is 151 Å². The van der Waals surface area contributed by atoms with Crippen LogP contribution in [0.3, 0.4) is 0 Å². The lowest BCUT2D eigenvalue weighted by molar-refractivity contribution is -0.118. The number of carbonyl (C=O) groups excluding carboxylic acids is 1. The third-order valence-corrected chi connectivity index (χ3v) is 4.50. The van der Waals surface area contributed by atoms with Crippen LogP contribution in [0.1, 0.15) is 5.56 Å². The Balaban J connectivity index is 1.83. The van der Waals surface area contributed by atoms with Crippen molar-refractivity contribution in [3.05, 3.63) is 56.6 Å². The maximum absolute atomic E-state index is 11.7. The lowest BCUT2D eigenvalue weighted by atomic mass is 10.2. The predicted octanol–water partition coefficient (Wildman–Crippen LogP) is 3.89. The summed E-state index contributed by atoms with van der Waals surface area (Å²) in [6.45, 7) is 0. The van der Waals surface area contributed by atoms with Crippen LogP contribution in [0.4, 0.5) is 0 Å². The maximum atomic E-state index is 11.7. The van der Waals surface area contributed by atoms with Crippen molar-refractivity contribution < 1.29 is 9.90 Å². The number of benzene rings is 2. The second-order valence-electron chi connectivity index (χ2n) is 4.24. The Morgan fingerprint density at radius 1 is 1.32 bits per heavy atom. The zero-order valence-electron chi connectivity index (χ0n) is 11.3. The zero-order chi connectivity index (χ0) is 15.9. The third-order valence-electron chi connectivity index (χ3n) is 2.57. The number of carbonyl (C=O) groups is 1. The lowest BCUT2D eigenvalue weighted by Gasteiger charge is -2.02. The van der Waals surface area contributed by atoms with Crippen LogP contribution in [0.15, 0.2) is 52.5 Å². The molecule has 0 radical (unpaired) electrons. The van der Waals surface area contributed by atoms with Crippen LogP contribution in [-0.4, -0.2) is 23.0 Å². The number of amides is 1. The Kier molecular flexibility index (Phi) is 6.53. The molecule has 0 spiro atoms.